The molecule has 0 saturated heterocycles. The monoisotopic (exact) mass is 841 g/mol. The minimum absolute atomic E-state index is 0.0105. The van der Waals surface area contributed by atoms with Gasteiger partial charge in [-0.3, -0.25) is 4.79 Å². The molecular formula is C57H63NO5. The molecule has 10 aliphatic carbocycles. The lowest BCUT2D eigenvalue weighted by Gasteiger charge is -2.71. The lowest BCUT2D eigenvalue weighted by Crippen LogP contribution is -2.67. The highest BCUT2D eigenvalue weighted by molar-refractivity contribution is 6.10. The van der Waals surface area contributed by atoms with Gasteiger partial charge in [0.15, 0.2) is 5.78 Å². The Balaban J connectivity index is 0.910. The third kappa shape index (κ3) is 5.88. The fourth-order valence-corrected chi connectivity index (χ4v) is 17.0. The van der Waals surface area contributed by atoms with Crippen molar-refractivity contribution >= 4 is 22.6 Å². The summed E-state index contributed by atoms with van der Waals surface area (Å²) in [7, 11) is 0. The number of aliphatic hydroxyl groups is 2. The fourth-order valence-electron chi connectivity index (χ4n) is 17.0. The minimum atomic E-state index is -1.18. The van der Waals surface area contributed by atoms with E-state index in [4.69, 9.17) is 4.74 Å². The van der Waals surface area contributed by atoms with Crippen molar-refractivity contribution in [1.82, 2.24) is 4.90 Å². The predicted octanol–water partition coefficient (Wildman–Crippen LogP) is 12.0. The third-order valence-electron chi connectivity index (χ3n) is 19.5. The Morgan fingerprint density at radius 3 is 2.05 bits per heavy atom. The van der Waals surface area contributed by atoms with Gasteiger partial charge in [-0.05, 0) is 158 Å². The van der Waals surface area contributed by atoms with Crippen LogP contribution in [-0.4, -0.2) is 51.8 Å². The number of benzene rings is 4. The Labute approximate surface area is 372 Å². The van der Waals surface area contributed by atoms with Gasteiger partial charge in [0.05, 0.1) is 18.2 Å². The average molecular weight is 842 g/mol. The van der Waals surface area contributed by atoms with Crippen molar-refractivity contribution in [2.75, 3.05) is 13.1 Å². The van der Waals surface area contributed by atoms with Crippen LogP contribution >= 0.6 is 0 Å². The molecular weight excluding hydrogens is 779 g/mol. The van der Waals surface area contributed by atoms with Crippen molar-refractivity contribution in [2.45, 2.75) is 109 Å². The molecule has 63 heavy (non-hydrogen) atoms. The average Bonchev–Trinajstić information content (AvgIpc) is 3.55. The van der Waals surface area contributed by atoms with Gasteiger partial charge in [0.2, 0.25) is 0 Å². The van der Waals surface area contributed by atoms with Gasteiger partial charge < -0.3 is 19.8 Å². The smallest absolute Gasteiger partial charge is 0.410 e. The minimum Gasteiger partial charge on any atom is -0.410 e. The summed E-state index contributed by atoms with van der Waals surface area (Å²) < 4.78 is 6.36. The molecule has 6 heteroatoms. The second kappa shape index (κ2) is 14.0. The molecule has 2 N–H and O–H groups in total. The molecule has 2 spiro atoms. The van der Waals surface area contributed by atoms with E-state index in [0.717, 1.165) is 96.6 Å². The first kappa shape index (κ1) is 40.0. The van der Waals surface area contributed by atoms with E-state index < -0.39 is 27.9 Å². The van der Waals surface area contributed by atoms with E-state index in [2.05, 4.69) is 68.5 Å². The summed E-state index contributed by atoms with van der Waals surface area (Å²) >= 11 is 0. The first-order valence-electron chi connectivity index (χ1n) is 24.3. The number of nitrogens with zero attached hydrogens (tertiary/aromatic N) is 1. The van der Waals surface area contributed by atoms with Crippen LogP contribution in [0.15, 0.2) is 121 Å². The van der Waals surface area contributed by atoms with Gasteiger partial charge in [0.25, 0.3) is 0 Å². The fraction of sp³-hybridized carbons (Fsp3) is 0.509. The molecule has 6 nitrogen and oxygen atoms in total. The molecule has 4 aromatic carbocycles. The van der Waals surface area contributed by atoms with Crippen molar-refractivity contribution in [1.29, 1.82) is 0 Å². The normalized spacial score (nSPS) is 40.2. The molecule has 14 rings (SSSR count). The summed E-state index contributed by atoms with van der Waals surface area (Å²) in [4.78, 5) is 32.2. The summed E-state index contributed by atoms with van der Waals surface area (Å²) in [6, 6.07) is 32.4. The number of ether oxygens (including phenoxy) is 1. The Morgan fingerprint density at radius 2 is 1.32 bits per heavy atom. The molecule has 0 radical (unpaired) electrons. The number of aliphatic hydroxyl groups excluding tert-OH is 1. The zero-order chi connectivity index (χ0) is 43.0. The zero-order valence-corrected chi connectivity index (χ0v) is 37.1. The molecule has 7 fully saturated rings. The molecule has 0 aromatic heterocycles. The van der Waals surface area contributed by atoms with Crippen LogP contribution in [-0.2, 0) is 0 Å². The van der Waals surface area contributed by atoms with E-state index in [0.29, 0.717) is 30.7 Å². The number of amides is 1. The standard InChI is InChI=1S/C57H63NO5/c1-52-21-18-45(59)33-55(52)24-25-57(47(34-55)50(60)43-14-12-42(13-15-43)40-8-4-3-5-9-40)48(52)19-22-53(2)49(57)20-23-56(53,62)36-58(35-54-30-37-26-38(31-54)28-39(27-37)32-54)51(61)63-46-17-16-41-10-6-7-11-44(41)29-46/h3-17,24-25,29,34,37-39,45,48-49,59,62H,18-23,26-28,30-33,35-36H2,1-2H3/t37?,38?,39?,45?,48-,49-,52-,53+,54?,55+,56-,57-/m1/s1. The van der Waals surface area contributed by atoms with Gasteiger partial charge in [-0.15, -0.1) is 0 Å². The van der Waals surface area contributed by atoms with Gasteiger partial charge in [0.1, 0.15) is 5.75 Å². The van der Waals surface area contributed by atoms with Crippen molar-refractivity contribution in [2.24, 2.45) is 56.7 Å². The predicted molar refractivity (Wildman–Crippen MR) is 247 cm³/mol. The van der Waals surface area contributed by atoms with E-state index in [-0.39, 0.29) is 41.1 Å². The summed E-state index contributed by atoms with van der Waals surface area (Å²) in [6.07, 6.45) is 19.1. The highest BCUT2D eigenvalue weighted by Gasteiger charge is 2.74. The van der Waals surface area contributed by atoms with Gasteiger partial charge in [-0.2, -0.15) is 0 Å². The number of ketones is 1. The van der Waals surface area contributed by atoms with Gasteiger partial charge >= 0.3 is 6.09 Å². The number of Topliss-reactive ketones (excluding diaryl/α,β-unsaturated/α-hetero) is 1. The molecule has 6 bridgehead atoms. The maximum Gasteiger partial charge on any atom is 0.415 e. The Kier molecular flexibility index (Phi) is 8.89. The summed E-state index contributed by atoms with van der Waals surface area (Å²) in [5.41, 5.74) is 0.916. The van der Waals surface area contributed by atoms with Crippen LogP contribution in [0.5, 0.6) is 5.75 Å². The zero-order valence-electron chi connectivity index (χ0n) is 37.1. The Bertz CT molecular complexity index is 2530. The molecule has 0 aliphatic heterocycles. The topological polar surface area (TPSA) is 87.1 Å². The lowest BCUT2D eigenvalue weighted by atomic mass is 9.32. The van der Waals surface area contributed by atoms with E-state index in [1.807, 2.05) is 65.6 Å². The SMILES string of the molecule is C[C@]12CC[C@H]3[C@]4(C=C[C@@]5(C=C4C(=O)c4ccc(-c6ccccc6)cc4)CC(O)CC[C@]35C)[C@@H]1CC[C@@]2(O)CN(CC12CC3CC(CC(C3)C1)C2)C(=O)Oc1ccc2ccccc2c1. The molecule has 0 heterocycles. The molecule has 8 atom stereocenters. The van der Waals surface area contributed by atoms with Crippen LogP contribution in [0.1, 0.15) is 108 Å². The molecule has 1 unspecified atom stereocenters. The van der Waals surface area contributed by atoms with Crippen LogP contribution in [0.2, 0.25) is 0 Å². The summed E-state index contributed by atoms with van der Waals surface area (Å²) in [6.45, 7) is 5.57. The summed E-state index contributed by atoms with van der Waals surface area (Å²) in [5, 5.41) is 27.0. The van der Waals surface area contributed by atoms with Crippen LogP contribution in [0.4, 0.5) is 4.79 Å². The number of hydrogen-bond donors (Lipinski definition) is 2. The Morgan fingerprint density at radius 1 is 0.683 bits per heavy atom. The maximum atomic E-state index is 15.4. The number of allylic oxidation sites excluding steroid dienone is 4. The van der Waals surface area contributed by atoms with Crippen LogP contribution in [0.25, 0.3) is 21.9 Å². The van der Waals surface area contributed by atoms with Crippen LogP contribution < -0.4 is 4.74 Å². The van der Waals surface area contributed by atoms with Crippen LogP contribution in [0, 0.1) is 56.7 Å². The van der Waals surface area contributed by atoms with E-state index in [1.165, 1.54) is 19.3 Å². The number of carbonyl (C=O) groups is 2. The molecule has 10 aliphatic rings. The second-order valence-corrected chi connectivity index (χ2v) is 22.7. The molecule has 4 aromatic rings. The quantitative estimate of drug-likeness (QED) is 0.136. The van der Waals surface area contributed by atoms with E-state index >= 15 is 4.79 Å². The van der Waals surface area contributed by atoms with Gasteiger partial charge in [0, 0.05) is 33.9 Å². The highest BCUT2D eigenvalue weighted by atomic mass is 16.6. The summed E-state index contributed by atoms with van der Waals surface area (Å²) in [5.74, 6) is 2.97. The number of fused-ring (bicyclic) bond motifs is 2. The number of hydrogen-bond acceptors (Lipinski definition) is 5. The van der Waals surface area contributed by atoms with Crippen molar-refractivity contribution in [3.8, 4) is 16.9 Å². The first-order valence-corrected chi connectivity index (χ1v) is 24.3. The van der Waals surface area contributed by atoms with Gasteiger partial charge in [-0.1, -0.05) is 117 Å². The number of rotatable bonds is 8. The highest BCUT2D eigenvalue weighted by Crippen LogP contribution is 2.78. The van der Waals surface area contributed by atoms with Crippen LogP contribution in [0.3, 0.4) is 0 Å². The molecule has 7 saturated carbocycles. The maximum absolute atomic E-state index is 15.4. The largest absolute Gasteiger partial charge is 0.415 e. The van der Waals surface area contributed by atoms with Crippen molar-refractivity contribution in [3.05, 3.63) is 126 Å². The van der Waals surface area contributed by atoms with Crippen molar-refractivity contribution < 1.29 is 24.5 Å². The molecule has 1 amide bonds. The third-order valence-corrected chi connectivity index (χ3v) is 19.5. The second-order valence-electron chi connectivity index (χ2n) is 22.7. The first-order chi connectivity index (χ1) is 30.3. The lowest BCUT2D eigenvalue weighted by molar-refractivity contribution is -0.176. The van der Waals surface area contributed by atoms with E-state index in [9.17, 15) is 15.0 Å². The molecule has 326 valence electrons. The van der Waals surface area contributed by atoms with Gasteiger partial charge in [-0.25, -0.2) is 4.79 Å². The Hall–Kier alpha value is -4.52. The van der Waals surface area contributed by atoms with E-state index in [1.54, 1.807) is 0 Å². The van der Waals surface area contributed by atoms with Crippen molar-refractivity contribution in [3.63, 3.8) is 0 Å². The number of carbonyl (C=O) groups excluding carboxylic acids is 2.